The first-order valence-corrected chi connectivity index (χ1v) is 10.9. The maximum absolute atomic E-state index is 13.7. The van der Waals surface area contributed by atoms with Crippen LogP contribution in [-0.2, 0) is 22.2 Å². The van der Waals surface area contributed by atoms with E-state index in [0.717, 1.165) is 29.2 Å². The van der Waals surface area contributed by atoms with Crippen LogP contribution in [0.25, 0.3) is 0 Å². The number of likely N-dealkylation sites (tertiary alicyclic amines) is 1. The fraction of sp³-hybridized carbons (Fsp3) is 0.458. The summed E-state index contributed by atoms with van der Waals surface area (Å²) in [6.07, 6.45) is -4.53. The van der Waals surface area contributed by atoms with Gasteiger partial charge in [0, 0.05) is 12.0 Å². The lowest BCUT2D eigenvalue weighted by molar-refractivity contribution is -0.150. The van der Waals surface area contributed by atoms with E-state index in [4.69, 9.17) is 4.42 Å². The highest BCUT2D eigenvalue weighted by Crippen LogP contribution is 2.51. The average Bonchev–Trinajstić information content (AvgIpc) is 3.35. The largest absolute Gasteiger partial charge is 0.481 e. The number of aryl methyl sites for hydroxylation is 1. The van der Waals surface area contributed by atoms with Gasteiger partial charge in [-0.1, -0.05) is 20.8 Å². The molecule has 3 rings (SSSR count). The molecule has 0 radical (unpaired) electrons. The van der Waals surface area contributed by atoms with E-state index in [1.54, 1.807) is 19.9 Å². The molecule has 2 aromatic rings. The van der Waals surface area contributed by atoms with Gasteiger partial charge in [-0.25, -0.2) is 4.79 Å². The second-order valence-corrected chi connectivity index (χ2v) is 8.94. The third-order valence-corrected chi connectivity index (χ3v) is 6.14. The Morgan fingerprint density at radius 2 is 1.74 bits per heavy atom. The SMILES string of the molecule is CCc1ccc(C2C(C(=O)O)CC(CC(C)C)(C(=O)O)N2C(=O)c2ccc(C(F)(F)F)cc2)o1. The van der Waals surface area contributed by atoms with E-state index < -0.39 is 47.1 Å². The third-order valence-electron chi connectivity index (χ3n) is 6.14. The Morgan fingerprint density at radius 1 is 1.12 bits per heavy atom. The molecule has 1 aliphatic heterocycles. The molecule has 1 aliphatic rings. The van der Waals surface area contributed by atoms with Gasteiger partial charge in [0.05, 0.1) is 11.5 Å². The Bertz CT molecular complexity index is 1080. The summed E-state index contributed by atoms with van der Waals surface area (Å²) in [6.45, 7) is 5.31. The Hall–Kier alpha value is -3.30. The van der Waals surface area contributed by atoms with Gasteiger partial charge < -0.3 is 19.5 Å². The molecule has 1 amide bonds. The highest BCUT2D eigenvalue weighted by Gasteiger charge is 2.61. The molecule has 2 N–H and O–H groups in total. The first-order chi connectivity index (χ1) is 15.8. The summed E-state index contributed by atoms with van der Waals surface area (Å²) in [5.41, 5.74) is -3.03. The normalized spacial score (nSPS) is 22.9. The number of carbonyl (C=O) groups excluding carboxylic acids is 1. The van der Waals surface area contributed by atoms with Crippen molar-refractivity contribution in [2.75, 3.05) is 0 Å². The van der Waals surface area contributed by atoms with Gasteiger partial charge in [-0.3, -0.25) is 9.59 Å². The summed E-state index contributed by atoms with van der Waals surface area (Å²) in [6, 6.07) is 5.30. The second-order valence-electron chi connectivity index (χ2n) is 8.94. The lowest BCUT2D eigenvalue weighted by Gasteiger charge is -2.38. The monoisotopic (exact) mass is 481 g/mol. The van der Waals surface area contributed by atoms with Crippen LogP contribution in [0.15, 0.2) is 40.8 Å². The van der Waals surface area contributed by atoms with Crippen LogP contribution in [0.3, 0.4) is 0 Å². The number of nitrogens with zero attached hydrogens (tertiary/aromatic N) is 1. The molecule has 0 spiro atoms. The number of halogens is 3. The van der Waals surface area contributed by atoms with Crippen molar-refractivity contribution in [2.24, 2.45) is 11.8 Å². The number of alkyl halides is 3. The van der Waals surface area contributed by atoms with Gasteiger partial charge in [0.15, 0.2) is 0 Å². The molecule has 2 heterocycles. The van der Waals surface area contributed by atoms with Gasteiger partial charge in [0.25, 0.3) is 5.91 Å². The molecular formula is C24H26F3NO6. The van der Waals surface area contributed by atoms with Crippen molar-refractivity contribution in [3.63, 3.8) is 0 Å². The predicted molar refractivity (Wildman–Crippen MR) is 114 cm³/mol. The maximum atomic E-state index is 13.7. The van der Waals surface area contributed by atoms with Crippen molar-refractivity contribution in [1.29, 1.82) is 0 Å². The molecule has 1 fully saturated rings. The van der Waals surface area contributed by atoms with E-state index in [0.29, 0.717) is 12.2 Å². The van der Waals surface area contributed by atoms with Crippen molar-refractivity contribution in [1.82, 2.24) is 4.90 Å². The smallest absolute Gasteiger partial charge is 0.416 e. The van der Waals surface area contributed by atoms with E-state index in [1.807, 2.05) is 6.92 Å². The minimum absolute atomic E-state index is 0.0453. The summed E-state index contributed by atoms with van der Waals surface area (Å²) in [5.74, 6) is -4.41. The molecular weight excluding hydrogens is 455 g/mol. The Morgan fingerprint density at radius 3 is 2.18 bits per heavy atom. The number of amides is 1. The maximum Gasteiger partial charge on any atom is 0.416 e. The molecule has 3 atom stereocenters. The van der Waals surface area contributed by atoms with Crippen molar-refractivity contribution >= 4 is 17.8 Å². The summed E-state index contributed by atoms with van der Waals surface area (Å²) in [4.78, 5) is 39.5. The predicted octanol–water partition coefficient (Wildman–Crippen LogP) is 5.02. The first kappa shape index (κ1) is 25.3. The van der Waals surface area contributed by atoms with Gasteiger partial charge in [-0.15, -0.1) is 0 Å². The number of rotatable bonds is 7. The molecule has 0 aliphatic carbocycles. The van der Waals surface area contributed by atoms with E-state index in [2.05, 4.69) is 0 Å². The highest BCUT2D eigenvalue weighted by molar-refractivity contribution is 5.99. The summed E-state index contributed by atoms with van der Waals surface area (Å²) >= 11 is 0. The van der Waals surface area contributed by atoms with Crippen molar-refractivity contribution < 1.29 is 42.2 Å². The highest BCUT2D eigenvalue weighted by atomic mass is 19.4. The standard InChI is InChI=1S/C24H26F3NO6/c1-4-16-9-10-18(34-16)19-17(21(30)31)12-23(22(32)33,11-13(2)3)28(19)20(29)14-5-7-15(8-6-14)24(25,26)27/h5-10,13,17,19H,4,11-12H2,1-3H3,(H,30,31)(H,32,33). The third kappa shape index (κ3) is 4.53. The van der Waals surface area contributed by atoms with Crippen LogP contribution in [0.2, 0.25) is 0 Å². The molecule has 10 heteroatoms. The number of aliphatic carboxylic acids is 2. The minimum atomic E-state index is -4.61. The number of furan rings is 1. The summed E-state index contributed by atoms with van der Waals surface area (Å²) in [5, 5.41) is 20.2. The van der Waals surface area contributed by atoms with Gasteiger partial charge in [0.2, 0.25) is 0 Å². The Kier molecular flexibility index (Phi) is 6.82. The topological polar surface area (TPSA) is 108 Å². The average molecular weight is 481 g/mol. The molecule has 0 saturated carbocycles. The van der Waals surface area contributed by atoms with Crippen LogP contribution >= 0.6 is 0 Å². The van der Waals surface area contributed by atoms with Crippen molar-refractivity contribution in [2.45, 2.75) is 57.8 Å². The zero-order valence-electron chi connectivity index (χ0n) is 18.9. The second kappa shape index (κ2) is 9.15. The number of carboxylic acid groups (broad SMARTS) is 2. The molecule has 1 saturated heterocycles. The fourth-order valence-electron chi connectivity index (χ4n) is 4.71. The number of hydrogen-bond donors (Lipinski definition) is 2. The van der Waals surface area contributed by atoms with E-state index in [9.17, 15) is 37.8 Å². The molecule has 7 nitrogen and oxygen atoms in total. The van der Waals surface area contributed by atoms with Crippen LogP contribution < -0.4 is 0 Å². The van der Waals surface area contributed by atoms with Crippen LogP contribution in [0.5, 0.6) is 0 Å². The van der Waals surface area contributed by atoms with Crippen LogP contribution in [-0.4, -0.2) is 38.5 Å². The van der Waals surface area contributed by atoms with Crippen LogP contribution in [0, 0.1) is 11.8 Å². The minimum Gasteiger partial charge on any atom is -0.481 e. The molecule has 1 aromatic carbocycles. The zero-order chi connectivity index (χ0) is 25.4. The first-order valence-electron chi connectivity index (χ1n) is 10.9. The lowest BCUT2D eigenvalue weighted by Crippen LogP contribution is -2.54. The molecule has 0 bridgehead atoms. The molecule has 184 valence electrons. The van der Waals surface area contributed by atoms with Crippen molar-refractivity contribution in [3.05, 3.63) is 59.0 Å². The number of carbonyl (C=O) groups is 3. The van der Waals surface area contributed by atoms with Gasteiger partial charge in [-0.05, 0) is 55.2 Å². The van der Waals surface area contributed by atoms with Gasteiger partial charge in [0.1, 0.15) is 23.1 Å². The number of carboxylic acids is 2. The van der Waals surface area contributed by atoms with Crippen molar-refractivity contribution in [3.8, 4) is 0 Å². The summed E-state index contributed by atoms with van der Waals surface area (Å²) in [7, 11) is 0. The lowest BCUT2D eigenvalue weighted by atomic mass is 9.83. The number of hydrogen-bond acceptors (Lipinski definition) is 4. The fourth-order valence-corrected chi connectivity index (χ4v) is 4.71. The molecule has 1 aromatic heterocycles. The van der Waals surface area contributed by atoms with E-state index in [1.165, 1.54) is 6.07 Å². The van der Waals surface area contributed by atoms with Gasteiger partial charge in [-0.2, -0.15) is 13.2 Å². The van der Waals surface area contributed by atoms with Gasteiger partial charge >= 0.3 is 18.1 Å². The number of benzene rings is 1. The zero-order valence-corrected chi connectivity index (χ0v) is 18.9. The Labute approximate surface area is 194 Å². The quantitative estimate of drug-likeness (QED) is 0.575. The van der Waals surface area contributed by atoms with Crippen LogP contribution in [0.1, 0.15) is 67.1 Å². The molecule has 3 unspecified atom stereocenters. The van der Waals surface area contributed by atoms with E-state index in [-0.39, 0.29) is 30.1 Å². The summed E-state index contributed by atoms with van der Waals surface area (Å²) < 4.78 is 44.8. The Balaban J connectivity index is 2.20. The molecule has 34 heavy (non-hydrogen) atoms. The van der Waals surface area contributed by atoms with Crippen LogP contribution in [0.4, 0.5) is 13.2 Å². The van der Waals surface area contributed by atoms with E-state index >= 15 is 0 Å².